The Kier molecular flexibility index (Phi) is 6.16. The fourth-order valence-electron chi connectivity index (χ4n) is 1.37. The zero-order valence-corrected chi connectivity index (χ0v) is 11.1. The van der Waals surface area contributed by atoms with Gasteiger partial charge < -0.3 is 9.47 Å². The van der Waals surface area contributed by atoms with E-state index in [0.29, 0.717) is 24.7 Å². The molecule has 0 N–H and O–H groups in total. The van der Waals surface area contributed by atoms with E-state index in [2.05, 4.69) is 13.2 Å². The van der Waals surface area contributed by atoms with Crippen molar-refractivity contribution < 1.29 is 14.3 Å². The van der Waals surface area contributed by atoms with Crippen molar-refractivity contribution in [3.8, 4) is 11.5 Å². The van der Waals surface area contributed by atoms with Crippen molar-refractivity contribution >= 4 is 11.9 Å². The summed E-state index contributed by atoms with van der Waals surface area (Å²) >= 11 is 0. The van der Waals surface area contributed by atoms with Crippen molar-refractivity contribution in [1.29, 1.82) is 0 Å². The summed E-state index contributed by atoms with van der Waals surface area (Å²) in [6, 6.07) is 5.49. The van der Waals surface area contributed by atoms with Crippen LogP contribution in [0.1, 0.15) is 12.5 Å². The van der Waals surface area contributed by atoms with E-state index in [4.69, 9.17) is 9.47 Å². The van der Waals surface area contributed by atoms with Gasteiger partial charge in [-0.1, -0.05) is 37.5 Å². The Morgan fingerprint density at radius 2 is 1.79 bits per heavy atom. The van der Waals surface area contributed by atoms with E-state index in [9.17, 15) is 4.79 Å². The molecule has 0 aliphatic heterocycles. The maximum atomic E-state index is 10.9. The number of allylic oxidation sites excluding steroid dienone is 1. The average molecular weight is 258 g/mol. The lowest BCUT2D eigenvalue weighted by molar-refractivity contribution is -0.112. The first-order valence-corrected chi connectivity index (χ1v) is 5.97. The van der Waals surface area contributed by atoms with Gasteiger partial charge in [-0.2, -0.15) is 0 Å². The summed E-state index contributed by atoms with van der Waals surface area (Å²) in [7, 11) is 0. The van der Waals surface area contributed by atoms with Gasteiger partial charge in [0.2, 0.25) is 0 Å². The van der Waals surface area contributed by atoms with Gasteiger partial charge in [0.1, 0.15) is 13.2 Å². The molecule has 1 aromatic rings. The monoisotopic (exact) mass is 258 g/mol. The lowest BCUT2D eigenvalue weighted by Gasteiger charge is -2.11. The van der Waals surface area contributed by atoms with Crippen LogP contribution in [0.4, 0.5) is 0 Å². The van der Waals surface area contributed by atoms with Crippen LogP contribution in [0.15, 0.2) is 49.6 Å². The van der Waals surface area contributed by atoms with E-state index < -0.39 is 0 Å². The van der Waals surface area contributed by atoms with Crippen molar-refractivity contribution in [3.05, 3.63) is 55.1 Å². The first kappa shape index (κ1) is 14.8. The molecule has 0 saturated heterocycles. The molecule has 0 aliphatic carbocycles. The van der Waals surface area contributed by atoms with Crippen LogP contribution < -0.4 is 9.47 Å². The Balaban J connectivity index is 2.95. The van der Waals surface area contributed by atoms with Gasteiger partial charge in [-0.05, 0) is 30.7 Å². The molecule has 0 radical (unpaired) electrons. The lowest BCUT2D eigenvalue weighted by Crippen LogP contribution is -1.99. The zero-order valence-electron chi connectivity index (χ0n) is 11.1. The van der Waals surface area contributed by atoms with Crippen molar-refractivity contribution in [2.75, 3.05) is 13.2 Å². The quantitative estimate of drug-likeness (QED) is 0.529. The maximum absolute atomic E-state index is 10.9. The molecule has 0 aromatic heterocycles. The van der Waals surface area contributed by atoms with Crippen LogP contribution in [0.5, 0.6) is 11.5 Å². The summed E-state index contributed by atoms with van der Waals surface area (Å²) in [6.07, 6.45) is 6.58. The number of carbonyl (C=O) groups excluding carboxylic acids is 1. The first-order valence-electron chi connectivity index (χ1n) is 5.97. The number of ether oxygens (including phenoxy) is 2. The molecule has 0 amide bonds. The van der Waals surface area contributed by atoms with Crippen LogP contribution in [0.25, 0.3) is 6.08 Å². The molecule has 1 rings (SSSR count). The van der Waals surface area contributed by atoms with E-state index >= 15 is 0 Å². The largest absolute Gasteiger partial charge is 0.486 e. The standard InChI is InChI=1S/C16H18O3/c1-4-10-18-15-9-8-14(7-6-13(3)17)12-16(15)19-11-5-2/h4-9,12H,1-2,10-11H2,3H3. The number of rotatable bonds is 8. The number of ketones is 1. The van der Waals surface area contributed by atoms with E-state index in [1.165, 1.54) is 13.0 Å². The van der Waals surface area contributed by atoms with E-state index in [0.717, 1.165) is 5.56 Å². The van der Waals surface area contributed by atoms with Gasteiger partial charge in [-0.3, -0.25) is 4.79 Å². The summed E-state index contributed by atoms with van der Waals surface area (Å²) in [4.78, 5) is 10.9. The number of benzene rings is 1. The van der Waals surface area contributed by atoms with Gasteiger partial charge in [0.05, 0.1) is 0 Å². The highest BCUT2D eigenvalue weighted by Crippen LogP contribution is 2.29. The molecule has 0 bridgehead atoms. The predicted molar refractivity (Wildman–Crippen MR) is 77.5 cm³/mol. The Morgan fingerprint density at radius 1 is 1.16 bits per heavy atom. The molecule has 0 atom stereocenters. The second-order valence-corrected chi connectivity index (χ2v) is 3.85. The summed E-state index contributed by atoms with van der Waals surface area (Å²) in [5, 5.41) is 0. The van der Waals surface area contributed by atoms with E-state index in [-0.39, 0.29) is 5.78 Å². The van der Waals surface area contributed by atoms with Crippen LogP contribution in [0.2, 0.25) is 0 Å². The minimum absolute atomic E-state index is 0.000504. The molecule has 3 heteroatoms. The highest BCUT2D eigenvalue weighted by Gasteiger charge is 2.05. The highest BCUT2D eigenvalue weighted by molar-refractivity contribution is 5.91. The molecule has 0 spiro atoms. The van der Waals surface area contributed by atoms with Gasteiger partial charge in [-0.25, -0.2) is 0 Å². The van der Waals surface area contributed by atoms with Gasteiger partial charge in [-0.15, -0.1) is 0 Å². The molecule has 0 unspecified atom stereocenters. The first-order chi connectivity index (χ1) is 9.17. The molecule has 0 aliphatic rings. The lowest BCUT2D eigenvalue weighted by atomic mass is 10.1. The molecule has 1 aromatic carbocycles. The highest BCUT2D eigenvalue weighted by atomic mass is 16.5. The normalized spacial score (nSPS) is 10.2. The Bertz CT molecular complexity index is 487. The van der Waals surface area contributed by atoms with Gasteiger partial charge >= 0.3 is 0 Å². The van der Waals surface area contributed by atoms with Crippen LogP contribution in [0.3, 0.4) is 0 Å². The number of carbonyl (C=O) groups is 1. The second kappa shape index (κ2) is 7.93. The molecule has 100 valence electrons. The number of hydrogen-bond donors (Lipinski definition) is 0. The Morgan fingerprint density at radius 3 is 2.37 bits per heavy atom. The van der Waals surface area contributed by atoms with Crippen LogP contribution >= 0.6 is 0 Å². The third-order valence-corrected chi connectivity index (χ3v) is 2.19. The Labute approximate surface area is 113 Å². The Hall–Kier alpha value is -2.29. The maximum Gasteiger partial charge on any atom is 0.162 e. The summed E-state index contributed by atoms with van der Waals surface area (Å²) in [6.45, 7) is 9.52. The van der Waals surface area contributed by atoms with Gasteiger partial charge in [0.15, 0.2) is 17.3 Å². The third-order valence-electron chi connectivity index (χ3n) is 2.19. The van der Waals surface area contributed by atoms with Gasteiger partial charge in [0, 0.05) is 0 Å². The van der Waals surface area contributed by atoms with Crippen molar-refractivity contribution in [2.24, 2.45) is 0 Å². The minimum atomic E-state index is 0.000504. The molecule has 19 heavy (non-hydrogen) atoms. The topological polar surface area (TPSA) is 35.5 Å². The second-order valence-electron chi connectivity index (χ2n) is 3.85. The summed E-state index contributed by atoms with van der Waals surface area (Å²) < 4.78 is 11.0. The molecule has 3 nitrogen and oxygen atoms in total. The van der Waals surface area contributed by atoms with Gasteiger partial charge in [0.25, 0.3) is 0 Å². The minimum Gasteiger partial charge on any atom is -0.486 e. The van der Waals surface area contributed by atoms with Crippen LogP contribution in [0, 0.1) is 0 Å². The summed E-state index contributed by atoms with van der Waals surface area (Å²) in [5.41, 5.74) is 0.875. The SMILES string of the molecule is C=CCOc1ccc(C=CC(C)=O)cc1OCC=C. The fourth-order valence-corrected chi connectivity index (χ4v) is 1.37. The van der Waals surface area contributed by atoms with E-state index in [1.54, 1.807) is 18.2 Å². The van der Waals surface area contributed by atoms with Crippen LogP contribution in [-0.4, -0.2) is 19.0 Å². The summed E-state index contributed by atoms with van der Waals surface area (Å²) in [5.74, 6) is 1.26. The molecular weight excluding hydrogens is 240 g/mol. The van der Waals surface area contributed by atoms with E-state index in [1.807, 2.05) is 18.2 Å². The van der Waals surface area contributed by atoms with Crippen molar-refractivity contribution in [1.82, 2.24) is 0 Å². The van der Waals surface area contributed by atoms with Crippen LogP contribution in [-0.2, 0) is 4.79 Å². The van der Waals surface area contributed by atoms with Crippen molar-refractivity contribution in [3.63, 3.8) is 0 Å². The molecular formula is C16H18O3. The smallest absolute Gasteiger partial charge is 0.162 e. The van der Waals surface area contributed by atoms with Crippen molar-refractivity contribution in [2.45, 2.75) is 6.92 Å². The molecule has 0 fully saturated rings. The number of hydrogen-bond acceptors (Lipinski definition) is 3. The average Bonchev–Trinajstić information content (AvgIpc) is 2.41. The molecule has 0 heterocycles. The third kappa shape index (κ3) is 5.25. The molecule has 0 saturated carbocycles. The fraction of sp³-hybridized carbons (Fsp3) is 0.188. The zero-order chi connectivity index (χ0) is 14.1. The predicted octanol–water partition coefficient (Wildman–Crippen LogP) is 3.42.